The Hall–Kier alpha value is -2.42. The molecule has 1 aliphatic rings. The maximum Gasteiger partial charge on any atom is 0.125 e. The van der Waals surface area contributed by atoms with Crippen LogP contribution in [0.4, 0.5) is 4.39 Å². The van der Waals surface area contributed by atoms with Gasteiger partial charge in [-0.2, -0.15) is 10.6 Å². The summed E-state index contributed by atoms with van der Waals surface area (Å²) in [5, 5.41) is 11.5. The molecule has 6 nitrogen and oxygen atoms in total. The molecule has 0 amide bonds. The maximum atomic E-state index is 13.6. The summed E-state index contributed by atoms with van der Waals surface area (Å²) in [6.07, 6.45) is 0.291. The molecule has 0 fully saturated rings. The number of fused-ring (bicyclic) bond motifs is 3. The Morgan fingerprint density at radius 2 is 1.97 bits per heavy atom. The van der Waals surface area contributed by atoms with Crippen LogP contribution in [-0.2, 0) is 30.6 Å². The van der Waals surface area contributed by atoms with Crippen LogP contribution in [0.1, 0.15) is 31.5 Å². The number of rotatable bonds is 5. The minimum atomic E-state index is -1.76. The van der Waals surface area contributed by atoms with Crippen molar-refractivity contribution in [3.63, 3.8) is 0 Å². The maximum absolute atomic E-state index is 13.6. The third kappa shape index (κ3) is 3.19. The molecule has 0 saturated carbocycles. The third-order valence-corrected chi connectivity index (χ3v) is 6.46. The molecule has 0 saturated heterocycles. The Bertz CT molecular complexity index is 1180. The Balaban J connectivity index is 2.13. The molecule has 1 atom stereocenters. The number of hydrogen-bond acceptors (Lipinski definition) is 6. The number of nitrogens with zero attached hydrogens (tertiary/aromatic N) is 1. The lowest BCUT2D eigenvalue weighted by molar-refractivity contribution is -0.0799. The van der Waals surface area contributed by atoms with Crippen molar-refractivity contribution in [3.05, 3.63) is 59.5 Å². The van der Waals surface area contributed by atoms with Crippen LogP contribution in [-0.4, -0.2) is 28.6 Å². The first-order valence-corrected chi connectivity index (χ1v) is 11.1. The van der Waals surface area contributed by atoms with Gasteiger partial charge >= 0.3 is 0 Å². The molecule has 2 aromatic carbocycles. The first-order chi connectivity index (χ1) is 14.2. The number of nitrogens with one attached hydrogen (secondary N) is 1. The van der Waals surface area contributed by atoms with Gasteiger partial charge in [-0.3, -0.25) is 0 Å². The van der Waals surface area contributed by atoms with Crippen LogP contribution >= 0.6 is 0 Å². The highest BCUT2D eigenvalue weighted by Gasteiger charge is 2.47. The number of halogens is 1. The molecule has 3 aromatic rings. The van der Waals surface area contributed by atoms with Crippen LogP contribution in [0.25, 0.3) is 16.6 Å². The van der Waals surface area contributed by atoms with Gasteiger partial charge in [-0.1, -0.05) is 25.7 Å². The zero-order valence-corrected chi connectivity index (χ0v) is 17.8. The topological polar surface area (TPSA) is 101 Å². The Labute approximate surface area is 176 Å². The van der Waals surface area contributed by atoms with Crippen LogP contribution in [0.15, 0.2) is 42.5 Å². The summed E-state index contributed by atoms with van der Waals surface area (Å²) in [4.78, 5) is 0. The molecule has 0 bridgehead atoms. The van der Waals surface area contributed by atoms with Crippen molar-refractivity contribution in [3.8, 4) is 11.4 Å². The van der Waals surface area contributed by atoms with Gasteiger partial charge in [0.25, 0.3) is 0 Å². The van der Waals surface area contributed by atoms with Crippen molar-refractivity contribution in [2.45, 2.75) is 31.3 Å². The van der Waals surface area contributed by atoms with Gasteiger partial charge in [-0.05, 0) is 42.8 Å². The summed E-state index contributed by atoms with van der Waals surface area (Å²) in [6.45, 7) is 4.57. The van der Waals surface area contributed by atoms with Gasteiger partial charge in [0, 0.05) is 34.3 Å². The molecular formula is C22H25FN3O3S-. The fraction of sp³-hybridized carbons (Fsp3) is 0.364. The van der Waals surface area contributed by atoms with Gasteiger partial charge in [-0.15, -0.1) is 0 Å². The predicted molar refractivity (Wildman–Crippen MR) is 115 cm³/mol. The molecule has 1 aliphatic heterocycles. The molecule has 4 N–H and O–H groups in total. The van der Waals surface area contributed by atoms with E-state index in [1.807, 2.05) is 24.5 Å². The van der Waals surface area contributed by atoms with Gasteiger partial charge in [-0.25, -0.2) is 4.39 Å². The lowest BCUT2D eigenvalue weighted by Crippen LogP contribution is -2.48. The average molecular weight is 431 g/mol. The number of hydrogen-bond donors (Lipinski definition) is 3. The van der Waals surface area contributed by atoms with Crippen molar-refractivity contribution >= 4 is 21.5 Å². The summed E-state index contributed by atoms with van der Waals surface area (Å²) >= 11 is 0. The number of phenols is 1. The monoisotopic (exact) mass is 430 g/mol. The van der Waals surface area contributed by atoms with E-state index < -0.39 is 21.6 Å². The van der Waals surface area contributed by atoms with Gasteiger partial charge in [0.1, 0.15) is 17.2 Å². The lowest BCUT2D eigenvalue weighted by atomic mass is 9.76. The van der Waals surface area contributed by atoms with Crippen molar-refractivity contribution in [1.82, 2.24) is 4.57 Å². The van der Waals surface area contributed by atoms with E-state index >= 15 is 0 Å². The van der Waals surface area contributed by atoms with Gasteiger partial charge in [0.05, 0.1) is 12.1 Å². The fourth-order valence-corrected chi connectivity index (χ4v) is 4.96. The average Bonchev–Trinajstić information content (AvgIpc) is 3.07. The summed E-state index contributed by atoms with van der Waals surface area (Å²) in [5.41, 5.74) is 7.98. The van der Waals surface area contributed by atoms with Crippen LogP contribution in [0.5, 0.6) is 5.75 Å². The van der Waals surface area contributed by atoms with Gasteiger partial charge in [0.15, 0.2) is 0 Å². The SMILES string of the molecule is CC1(C)COC(CN)(CC[S-](=N)=O)c2c1n(-c1ccc(F)cc1)c1cccc(O)c21. The molecule has 2 heterocycles. The van der Waals surface area contributed by atoms with E-state index in [0.717, 1.165) is 22.5 Å². The van der Waals surface area contributed by atoms with E-state index in [0.29, 0.717) is 18.4 Å². The first kappa shape index (κ1) is 20.8. The normalized spacial score (nSPS) is 20.6. The second kappa shape index (κ2) is 7.37. The van der Waals surface area contributed by atoms with Crippen molar-refractivity contribution in [2.75, 3.05) is 18.9 Å². The minimum Gasteiger partial charge on any atom is -0.507 e. The van der Waals surface area contributed by atoms with Crippen molar-refractivity contribution in [2.24, 2.45) is 5.73 Å². The number of benzene rings is 2. The number of nitrogens with two attached hydrogens (primary N) is 1. The van der Waals surface area contributed by atoms with E-state index in [9.17, 15) is 13.7 Å². The van der Waals surface area contributed by atoms with E-state index in [2.05, 4.69) is 0 Å². The largest absolute Gasteiger partial charge is 0.507 e. The summed E-state index contributed by atoms with van der Waals surface area (Å²) < 4.78 is 41.0. The zero-order valence-electron chi connectivity index (χ0n) is 16.9. The smallest absolute Gasteiger partial charge is 0.125 e. The molecule has 30 heavy (non-hydrogen) atoms. The fourth-order valence-electron chi connectivity index (χ4n) is 4.44. The minimum absolute atomic E-state index is 0.0933. The van der Waals surface area contributed by atoms with E-state index in [1.165, 1.54) is 12.1 Å². The van der Waals surface area contributed by atoms with Gasteiger partial charge in [0.2, 0.25) is 0 Å². The Morgan fingerprint density at radius 3 is 2.60 bits per heavy atom. The molecule has 0 spiro atoms. The van der Waals surface area contributed by atoms with Crippen LogP contribution in [0, 0.1) is 10.6 Å². The summed E-state index contributed by atoms with van der Waals surface area (Å²) in [7, 11) is -1.76. The van der Waals surface area contributed by atoms with Gasteiger partial charge < -0.3 is 29.1 Å². The number of ether oxygens (including phenoxy) is 1. The van der Waals surface area contributed by atoms with Crippen molar-refractivity contribution < 1.29 is 18.4 Å². The molecule has 0 aliphatic carbocycles. The molecule has 160 valence electrons. The van der Waals surface area contributed by atoms with E-state index in [4.69, 9.17) is 15.3 Å². The number of aromatic hydroxyl groups is 1. The molecule has 1 aromatic heterocycles. The standard InChI is InChI=1S/C22H25FN3O3S/c1-21(2)13-29-22(12-24,10-11-30(25)28)19-18-16(4-3-5-17(18)27)26(20(19)21)15-8-6-14(23)7-9-15/h3-9,25,27H,10-13,24H2,1-2H3/q-1. The zero-order chi connectivity index (χ0) is 21.7. The van der Waals surface area contributed by atoms with Crippen LogP contribution < -0.4 is 5.73 Å². The summed E-state index contributed by atoms with van der Waals surface area (Å²) in [5.74, 6) is -0.132. The molecular weight excluding hydrogens is 405 g/mol. The van der Waals surface area contributed by atoms with Crippen LogP contribution in [0.2, 0.25) is 0 Å². The Morgan fingerprint density at radius 1 is 1.27 bits per heavy atom. The number of phenolic OH excluding ortho intramolecular Hbond substituents is 1. The van der Waals surface area contributed by atoms with Crippen molar-refractivity contribution in [1.29, 1.82) is 4.78 Å². The van der Waals surface area contributed by atoms with E-state index in [-0.39, 0.29) is 23.9 Å². The third-order valence-electron chi connectivity index (χ3n) is 5.88. The molecule has 1 unspecified atom stereocenters. The predicted octanol–water partition coefficient (Wildman–Crippen LogP) is 4.05. The van der Waals surface area contributed by atoms with E-state index in [1.54, 1.807) is 24.3 Å². The highest BCUT2D eigenvalue weighted by atomic mass is 32.2. The first-order valence-electron chi connectivity index (χ1n) is 9.77. The Kier molecular flexibility index (Phi) is 5.12. The number of aromatic nitrogens is 1. The molecule has 0 radical (unpaired) electrons. The second-order valence-corrected chi connectivity index (χ2v) is 9.48. The quantitative estimate of drug-likeness (QED) is 0.532. The second-order valence-electron chi connectivity index (χ2n) is 8.38. The lowest BCUT2D eigenvalue weighted by Gasteiger charge is -2.44. The highest BCUT2D eigenvalue weighted by molar-refractivity contribution is 7.73. The summed E-state index contributed by atoms with van der Waals surface area (Å²) in [6, 6.07) is 11.5. The molecule has 8 heteroatoms. The highest BCUT2D eigenvalue weighted by Crippen LogP contribution is 2.50. The molecule has 4 rings (SSSR count). The van der Waals surface area contributed by atoms with Crippen LogP contribution in [0.3, 0.4) is 0 Å².